The van der Waals surface area contributed by atoms with Gasteiger partial charge < -0.3 is 4.74 Å². The van der Waals surface area contributed by atoms with Crippen molar-refractivity contribution in [2.24, 2.45) is 0 Å². The van der Waals surface area contributed by atoms with Gasteiger partial charge in [0.2, 0.25) is 0 Å². The number of nitrogens with zero attached hydrogens (tertiary/aromatic N) is 1. The summed E-state index contributed by atoms with van der Waals surface area (Å²) in [6.07, 6.45) is -0.279. The summed E-state index contributed by atoms with van der Waals surface area (Å²) in [7, 11) is 1.45. The second-order valence-electron chi connectivity index (χ2n) is 4.26. The van der Waals surface area contributed by atoms with E-state index in [1.165, 1.54) is 14.0 Å². The average Bonchev–Trinajstić information content (AvgIpc) is 1.99. The van der Waals surface area contributed by atoms with Gasteiger partial charge in [-0.05, 0) is 27.7 Å². The van der Waals surface area contributed by atoms with Crippen molar-refractivity contribution in [1.82, 2.24) is 5.06 Å². The Morgan fingerprint density at radius 1 is 1.27 bits per heavy atom. The van der Waals surface area contributed by atoms with Gasteiger partial charge in [0, 0.05) is 13.5 Å². The summed E-state index contributed by atoms with van der Waals surface area (Å²) in [6.45, 7) is 6.97. The molecule has 0 spiro atoms. The molecule has 0 aromatic rings. The summed E-state index contributed by atoms with van der Waals surface area (Å²) >= 11 is 0. The smallest absolute Gasteiger partial charge is 0.434 e. The molecule has 0 fully saturated rings. The number of carbonyl (C=O) groups is 2. The van der Waals surface area contributed by atoms with Gasteiger partial charge in [-0.3, -0.25) is 9.63 Å². The van der Waals surface area contributed by atoms with Crippen LogP contribution in [0.2, 0.25) is 0 Å². The lowest BCUT2D eigenvalue weighted by Crippen LogP contribution is -2.34. The number of hydrogen-bond acceptors (Lipinski definition) is 4. The molecule has 1 amide bonds. The standard InChI is InChI=1S/C10H19NO4/c1-8(12)6-7-14-11(5)9(13)15-10(2,3)4/h6-7H2,1-5H3. The third-order valence-corrected chi connectivity index (χ3v) is 1.39. The highest BCUT2D eigenvalue weighted by Gasteiger charge is 2.19. The molecule has 5 heteroatoms. The Morgan fingerprint density at radius 2 is 1.80 bits per heavy atom. The Morgan fingerprint density at radius 3 is 2.20 bits per heavy atom. The van der Waals surface area contributed by atoms with Crippen LogP contribution in [0.5, 0.6) is 0 Å². The van der Waals surface area contributed by atoms with Crippen LogP contribution in [0.4, 0.5) is 4.79 Å². The first kappa shape index (κ1) is 13.9. The lowest BCUT2D eigenvalue weighted by Gasteiger charge is -2.23. The number of hydrogen-bond donors (Lipinski definition) is 0. The average molecular weight is 217 g/mol. The van der Waals surface area contributed by atoms with Gasteiger partial charge in [-0.15, -0.1) is 0 Å². The van der Waals surface area contributed by atoms with Crippen LogP contribution in [0.3, 0.4) is 0 Å². The van der Waals surface area contributed by atoms with Gasteiger partial charge in [0.15, 0.2) is 0 Å². The fraction of sp³-hybridized carbons (Fsp3) is 0.800. The Bertz CT molecular complexity index is 232. The second-order valence-corrected chi connectivity index (χ2v) is 4.26. The number of rotatable bonds is 4. The Balaban J connectivity index is 3.85. The van der Waals surface area contributed by atoms with Crippen LogP contribution in [0, 0.1) is 0 Å². The van der Waals surface area contributed by atoms with Crippen molar-refractivity contribution in [2.45, 2.75) is 39.7 Å². The second kappa shape index (κ2) is 5.70. The molecule has 0 aromatic heterocycles. The number of amides is 1. The Hall–Kier alpha value is -1.10. The van der Waals surface area contributed by atoms with Crippen molar-refractivity contribution in [3.8, 4) is 0 Å². The predicted molar refractivity (Wildman–Crippen MR) is 55.2 cm³/mol. The summed E-state index contributed by atoms with van der Waals surface area (Å²) in [5.41, 5.74) is -0.546. The predicted octanol–water partition coefficient (Wildman–Crippen LogP) is 1.76. The van der Waals surface area contributed by atoms with Gasteiger partial charge in [0.05, 0.1) is 6.61 Å². The molecule has 15 heavy (non-hydrogen) atoms. The lowest BCUT2D eigenvalue weighted by atomic mass is 10.2. The zero-order valence-electron chi connectivity index (χ0n) is 9.99. The third-order valence-electron chi connectivity index (χ3n) is 1.39. The van der Waals surface area contributed by atoms with E-state index in [-0.39, 0.29) is 18.8 Å². The summed E-state index contributed by atoms with van der Waals surface area (Å²) in [6, 6.07) is 0. The van der Waals surface area contributed by atoms with Gasteiger partial charge in [0.25, 0.3) is 0 Å². The van der Waals surface area contributed by atoms with Crippen LogP contribution in [0.15, 0.2) is 0 Å². The van der Waals surface area contributed by atoms with E-state index in [4.69, 9.17) is 9.57 Å². The van der Waals surface area contributed by atoms with E-state index >= 15 is 0 Å². The van der Waals surface area contributed by atoms with Crippen molar-refractivity contribution in [3.63, 3.8) is 0 Å². The van der Waals surface area contributed by atoms with E-state index in [1.807, 2.05) is 0 Å². The van der Waals surface area contributed by atoms with Gasteiger partial charge >= 0.3 is 6.09 Å². The van der Waals surface area contributed by atoms with Crippen LogP contribution in [0.1, 0.15) is 34.1 Å². The third kappa shape index (κ3) is 7.93. The van der Waals surface area contributed by atoms with Crippen LogP contribution in [-0.4, -0.2) is 36.2 Å². The molecular formula is C10H19NO4. The molecule has 0 bridgehead atoms. The molecule has 0 saturated carbocycles. The molecule has 0 aliphatic rings. The van der Waals surface area contributed by atoms with E-state index in [1.54, 1.807) is 20.8 Å². The molecule has 0 aliphatic carbocycles. The monoisotopic (exact) mass is 217 g/mol. The van der Waals surface area contributed by atoms with Crippen molar-refractivity contribution < 1.29 is 19.2 Å². The summed E-state index contributed by atoms with van der Waals surface area (Å²) in [4.78, 5) is 26.9. The SMILES string of the molecule is CC(=O)CCON(C)C(=O)OC(C)(C)C. The molecule has 0 unspecified atom stereocenters. The van der Waals surface area contributed by atoms with Crippen LogP contribution >= 0.6 is 0 Å². The maximum atomic E-state index is 11.3. The first-order valence-corrected chi connectivity index (χ1v) is 4.81. The molecular weight excluding hydrogens is 198 g/mol. The summed E-state index contributed by atoms with van der Waals surface area (Å²) in [5, 5.41) is 0.994. The molecule has 0 N–H and O–H groups in total. The Labute approximate surface area is 90.3 Å². The number of carbonyl (C=O) groups excluding carboxylic acids is 2. The highest BCUT2D eigenvalue weighted by Crippen LogP contribution is 2.09. The lowest BCUT2D eigenvalue weighted by molar-refractivity contribution is -0.139. The van der Waals surface area contributed by atoms with E-state index < -0.39 is 11.7 Å². The fourth-order valence-corrected chi connectivity index (χ4v) is 0.705. The largest absolute Gasteiger partial charge is 0.442 e. The minimum absolute atomic E-state index is 0.0209. The maximum absolute atomic E-state index is 11.3. The molecule has 0 radical (unpaired) electrons. The quantitative estimate of drug-likeness (QED) is 0.673. The minimum atomic E-state index is -0.564. The van der Waals surface area contributed by atoms with Crippen molar-refractivity contribution in [1.29, 1.82) is 0 Å². The topological polar surface area (TPSA) is 55.8 Å². The Kier molecular flexibility index (Phi) is 5.28. The van der Waals surface area contributed by atoms with Gasteiger partial charge in [-0.25, -0.2) is 4.79 Å². The maximum Gasteiger partial charge on any atom is 0.434 e. The van der Waals surface area contributed by atoms with Crippen LogP contribution in [-0.2, 0) is 14.4 Å². The van der Waals surface area contributed by atoms with Crippen molar-refractivity contribution in [3.05, 3.63) is 0 Å². The van der Waals surface area contributed by atoms with Gasteiger partial charge in [0.1, 0.15) is 11.4 Å². The molecule has 0 heterocycles. The van der Waals surface area contributed by atoms with E-state index in [2.05, 4.69) is 0 Å². The first-order valence-electron chi connectivity index (χ1n) is 4.81. The highest BCUT2D eigenvalue weighted by molar-refractivity contribution is 5.75. The van der Waals surface area contributed by atoms with Crippen molar-refractivity contribution >= 4 is 11.9 Å². The molecule has 0 aromatic carbocycles. The van der Waals surface area contributed by atoms with Gasteiger partial charge in [-0.1, -0.05) is 0 Å². The van der Waals surface area contributed by atoms with Crippen LogP contribution in [0.25, 0.3) is 0 Å². The summed E-state index contributed by atoms with van der Waals surface area (Å²) in [5.74, 6) is 0.0209. The number of Topliss-reactive ketones (excluding diaryl/α,β-unsaturated/α-hetero) is 1. The fourth-order valence-electron chi connectivity index (χ4n) is 0.705. The molecule has 0 rings (SSSR count). The van der Waals surface area contributed by atoms with Gasteiger partial charge in [-0.2, -0.15) is 5.06 Å². The first-order chi connectivity index (χ1) is 6.72. The number of ether oxygens (including phenoxy) is 1. The minimum Gasteiger partial charge on any atom is -0.442 e. The zero-order chi connectivity index (χ0) is 12.1. The molecule has 0 aliphatic heterocycles. The van der Waals surface area contributed by atoms with Crippen molar-refractivity contribution in [2.75, 3.05) is 13.7 Å². The number of ketones is 1. The molecule has 0 atom stereocenters. The zero-order valence-corrected chi connectivity index (χ0v) is 9.99. The number of hydroxylamine groups is 2. The molecule has 88 valence electrons. The summed E-state index contributed by atoms with van der Waals surface area (Å²) < 4.78 is 5.03. The van der Waals surface area contributed by atoms with E-state index in [0.29, 0.717) is 0 Å². The van der Waals surface area contributed by atoms with E-state index in [9.17, 15) is 9.59 Å². The van der Waals surface area contributed by atoms with E-state index in [0.717, 1.165) is 5.06 Å². The highest BCUT2D eigenvalue weighted by atomic mass is 16.7. The van der Waals surface area contributed by atoms with Crippen LogP contribution < -0.4 is 0 Å². The molecule has 5 nitrogen and oxygen atoms in total. The normalized spacial score (nSPS) is 11.0. The molecule has 0 saturated heterocycles.